The minimum absolute atomic E-state index is 0.142. The first-order valence-electron chi connectivity index (χ1n) is 8.65. The van der Waals surface area contributed by atoms with Gasteiger partial charge in [-0.2, -0.15) is 0 Å². The Bertz CT molecular complexity index is 442. The van der Waals surface area contributed by atoms with Crippen LogP contribution < -0.4 is 15.2 Å². The van der Waals surface area contributed by atoms with Gasteiger partial charge in [-0.25, -0.2) is 0 Å². The summed E-state index contributed by atoms with van der Waals surface area (Å²) >= 11 is 0. The molecule has 1 aromatic rings. The Labute approximate surface area is 141 Å². The molecule has 23 heavy (non-hydrogen) atoms. The van der Waals surface area contributed by atoms with E-state index in [9.17, 15) is 5.11 Å². The highest BCUT2D eigenvalue weighted by atomic mass is 16.5. The van der Waals surface area contributed by atoms with Crippen molar-refractivity contribution in [1.29, 1.82) is 0 Å². The van der Waals surface area contributed by atoms with Crippen LogP contribution in [0.5, 0.6) is 11.5 Å². The van der Waals surface area contributed by atoms with Gasteiger partial charge in [0.1, 0.15) is 0 Å². The number of aliphatic hydroxyl groups is 1. The van der Waals surface area contributed by atoms with Crippen LogP contribution in [0, 0.1) is 17.8 Å². The zero-order chi connectivity index (χ0) is 17.2. The number of rotatable bonds is 11. The summed E-state index contributed by atoms with van der Waals surface area (Å²) in [7, 11) is 0. The maximum absolute atomic E-state index is 9.25. The highest BCUT2D eigenvalue weighted by molar-refractivity contribution is 5.43. The standard InChI is InChI=1S/C19H33NO3/c1-14(2)12-22-18-8-7-16(5-6-17(10-20)11-21)9-19(18)23-13-15(3)4/h7-9,14-15,17,21H,5-6,10-13,20H2,1-4H3. The van der Waals surface area contributed by atoms with Gasteiger partial charge < -0.3 is 20.3 Å². The first-order valence-corrected chi connectivity index (χ1v) is 8.65. The Kier molecular flexibility index (Phi) is 9.03. The topological polar surface area (TPSA) is 64.7 Å². The molecule has 1 rings (SSSR count). The monoisotopic (exact) mass is 323 g/mol. The predicted molar refractivity (Wildman–Crippen MR) is 95.1 cm³/mol. The Hall–Kier alpha value is -1.26. The average Bonchev–Trinajstić information content (AvgIpc) is 2.52. The first-order chi connectivity index (χ1) is 11.0. The fourth-order valence-electron chi connectivity index (χ4n) is 2.11. The maximum Gasteiger partial charge on any atom is 0.161 e. The van der Waals surface area contributed by atoms with E-state index in [1.165, 1.54) is 5.56 Å². The number of ether oxygens (including phenoxy) is 2. The summed E-state index contributed by atoms with van der Waals surface area (Å²) < 4.78 is 11.8. The number of nitrogens with two attached hydrogens (primary N) is 1. The van der Waals surface area contributed by atoms with E-state index in [1.807, 2.05) is 6.07 Å². The zero-order valence-corrected chi connectivity index (χ0v) is 15.0. The molecule has 0 aromatic heterocycles. The van der Waals surface area contributed by atoms with E-state index in [1.54, 1.807) is 0 Å². The minimum Gasteiger partial charge on any atom is -0.489 e. The highest BCUT2D eigenvalue weighted by Crippen LogP contribution is 2.30. The lowest BCUT2D eigenvalue weighted by atomic mass is 10.00. The van der Waals surface area contributed by atoms with Gasteiger partial charge in [-0.1, -0.05) is 33.8 Å². The summed E-state index contributed by atoms with van der Waals surface area (Å²) in [6.07, 6.45) is 1.76. The third kappa shape index (κ3) is 7.71. The summed E-state index contributed by atoms with van der Waals surface area (Å²) in [4.78, 5) is 0. The van der Waals surface area contributed by atoms with Crippen LogP contribution in [0.1, 0.15) is 39.7 Å². The van der Waals surface area contributed by atoms with Crippen LogP contribution in [0.3, 0.4) is 0 Å². The van der Waals surface area contributed by atoms with Crippen molar-refractivity contribution in [1.82, 2.24) is 0 Å². The molecule has 0 bridgehead atoms. The van der Waals surface area contributed by atoms with Crippen molar-refractivity contribution >= 4 is 0 Å². The molecule has 0 amide bonds. The molecule has 0 aliphatic carbocycles. The van der Waals surface area contributed by atoms with Crippen molar-refractivity contribution in [2.24, 2.45) is 23.5 Å². The summed E-state index contributed by atoms with van der Waals surface area (Å²) in [5.74, 6) is 2.72. The van der Waals surface area contributed by atoms with Crippen LogP contribution in [0.4, 0.5) is 0 Å². The van der Waals surface area contributed by atoms with Crippen LogP contribution in [0.25, 0.3) is 0 Å². The van der Waals surface area contributed by atoms with Crippen LogP contribution in [0.2, 0.25) is 0 Å². The van der Waals surface area contributed by atoms with Crippen LogP contribution in [-0.4, -0.2) is 31.5 Å². The highest BCUT2D eigenvalue weighted by Gasteiger charge is 2.11. The van der Waals surface area contributed by atoms with Gasteiger partial charge in [-0.05, 0) is 54.8 Å². The van der Waals surface area contributed by atoms with E-state index in [4.69, 9.17) is 15.2 Å². The molecule has 4 nitrogen and oxygen atoms in total. The van der Waals surface area contributed by atoms with Crippen molar-refractivity contribution in [2.45, 2.75) is 40.5 Å². The van der Waals surface area contributed by atoms with E-state index < -0.39 is 0 Å². The Morgan fingerprint density at radius 1 is 1.00 bits per heavy atom. The number of aliphatic hydroxyl groups excluding tert-OH is 1. The first kappa shape index (κ1) is 19.8. The predicted octanol–water partition coefficient (Wildman–Crippen LogP) is 3.26. The maximum atomic E-state index is 9.25. The Morgan fingerprint density at radius 2 is 1.61 bits per heavy atom. The smallest absolute Gasteiger partial charge is 0.161 e. The molecule has 0 fully saturated rings. The number of aryl methyl sites for hydroxylation is 1. The van der Waals surface area contributed by atoms with Gasteiger partial charge in [0.2, 0.25) is 0 Å². The lowest BCUT2D eigenvalue weighted by molar-refractivity contribution is 0.222. The third-order valence-corrected chi connectivity index (χ3v) is 3.59. The van der Waals surface area contributed by atoms with Crippen LogP contribution >= 0.6 is 0 Å². The quantitative estimate of drug-likeness (QED) is 0.656. The molecule has 0 aliphatic rings. The van der Waals surface area contributed by atoms with E-state index in [0.717, 1.165) is 24.3 Å². The second kappa shape index (κ2) is 10.5. The molecule has 0 aliphatic heterocycles. The second-order valence-corrected chi connectivity index (χ2v) is 7.01. The largest absolute Gasteiger partial charge is 0.489 e. The van der Waals surface area contributed by atoms with Crippen molar-refractivity contribution < 1.29 is 14.6 Å². The van der Waals surface area contributed by atoms with Gasteiger partial charge in [0.15, 0.2) is 11.5 Å². The van der Waals surface area contributed by atoms with E-state index in [0.29, 0.717) is 31.6 Å². The van der Waals surface area contributed by atoms with Crippen LogP contribution in [0.15, 0.2) is 18.2 Å². The summed E-state index contributed by atoms with van der Waals surface area (Å²) in [5.41, 5.74) is 6.83. The van der Waals surface area contributed by atoms with Crippen molar-refractivity contribution in [2.75, 3.05) is 26.4 Å². The Morgan fingerprint density at radius 3 is 2.13 bits per heavy atom. The number of benzene rings is 1. The van der Waals surface area contributed by atoms with Crippen molar-refractivity contribution in [3.8, 4) is 11.5 Å². The van der Waals surface area contributed by atoms with Gasteiger partial charge in [0.05, 0.1) is 13.2 Å². The van der Waals surface area contributed by atoms with Gasteiger partial charge >= 0.3 is 0 Å². The third-order valence-electron chi connectivity index (χ3n) is 3.59. The van der Waals surface area contributed by atoms with Gasteiger partial charge in [-0.15, -0.1) is 0 Å². The summed E-state index contributed by atoms with van der Waals surface area (Å²) in [5, 5.41) is 9.25. The van der Waals surface area contributed by atoms with Gasteiger partial charge in [0.25, 0.3) is 0 Å². The molecule has 0 spiro atoms. The second-order valence-electron chi connectivity index (χ2n) is 7.01. The van der Waals surface area contributed by atoms with Crippen LogP contribution in [-0.2, 0) is 6.42 Å². The number of hydrogen-bond donors (Lipinski definition) is 2. The number of hydrogen-bond acceptors (Lipinski definition) is 4. The van der Waals surface area contributed by atoms with Crippen molar-refractivity contribution in [3.05, 3.63) is 23.8 Å². The van der Waals surface area contributed by atoms with Gasteiger partial charge in [-0.3, -0.25) is 0 Å². The molecule has 132 valence electrons. The molecule has 0 saturated carbocycles. The molecule has 1 atom stereocenters. The Balaban J connectivity index is 2.78. The minimum atomic E-state index is 0.142. The molecule has 1 aromatic carbocycles. The fraction of sp³-hybridized carbons (Fsp3) is 0.684. The molecule has 0 radical (unpaired) electrons. The molecular weight excluding hydrogens is 290 g/mol. The van der Waals surface area contributed by atoms with Gasteiger partial charge in [0, 0.05) is 6.61 Å². The fourth-order valence-corrected chi connectivity index (χ4v) is 2.11. The molecule has 4 heteroatoms. The molecule has 3 N–H and O–H groups in total. The average molecular weight is 323 g/mol. The van der Waals surface area contributed by atoms with E-state index >= 15 is 0 Å². The molecule has 1 unspecified atom stereocenters. The molecule has 0 heterocycles. The normalized spacial score (nSPS) is 12.7. The van der Waals surface area contributed by atoms with E-state index in [2.05, 4.69) is 39.8 Å². The summed E-state index contributed by atoms with van der Waals surface area (Å²) in [6.45, 7) is 10.5. The summed E-state index contributed by atoms with van der Waals surface area (Å²) in [6, 6.07) is 6.12. The molecular formula is C19H33NO3. The van der Waals surface area contributed by atoms with E-state index in [-0.39, 0.29) is 12.5 Å². The zero-order valence-electron chi connectivity index (χ0n) is 15.0. The lowest BCUT2D eigenvalue weighted by Gasteiger charge is -2.17. The SMILES string of the molecule is CC(C)COc1ccc(CCC(CN)CO)cc1OCC(C)C. The van der Waals surface area contributed by atoms with Crippen molar-refractivity contribution in [3.63, 3.8) is 0 Å². The molecule has 0 saturated heterocycles. The lowest BCUT2D eigenvalue weighted by Crippen LogP contribution is -2.18.